The molecule has 0 saturated heterocycles. The minimum atomic E-state index is -0.112. The first-order valence-corrected chi connectivity index (χ1v) is 10.1. The Morgan fingerprint density at radius 3 is 1.34 bits per heavy atom. The van der Waals surface area contributed by atoms with Crippen molar-refractivity contribution in [2.75, 3.05) is 0 Å². The third-order valence-corrected chi connectivity index (χ3v) is 4.91. The molecule has 0 aliphatic carbocycles. The van der Waals surface area contributed by atoms with Crippen LogP contribution in [0.15, 0.2) is 42.5 Å². The summed E-state index contributed by atoms with van der Waals surface area (Å²) in [6.07, 6.45) is 0. The largest absolute Gasteiger partial charge is 0.207 e. The van der Waals surface area contributed by atoms with Crippen LogP contribution in [-0.2, 0) is 53.0 Å². The molecule has 0 aliphatic rings. The topological polar surface area (TPSA) is 0 Å². The molecule has 0 radical (unpaired) electrons. The second kappa shape index (κ2) is 12.6. The van der Waals surface area contributed by atoms with Crippen LogP contribution in [0.1, 0.15) is 103 Å². The maximum absolute atomic E-state index is 13.7. The van der Waals surface area contributed by atoms with Gasteiger partial charge in [-0.05, 0) is 51.0 Å². The van der Waals surface area contributed by atoms with E-state index in [0.717, 1.165) is 11.1 Å². The minimum absolute atomic E-state index is 0. The van der Waals surface area contributed by atoms with Gasteiger partial charge in [0.25, 0.3) is 0 Å². The second-order valence-electron chi connectivity index (χ2n) is 10.2. The van der Waals surface area contributed by atoms with Gasteiger partial charge in [0.15, 0.2) is 0 Å². The predicted molar refractivity (Wildman–Crippen MR) is 118 cm³/mol. The second-order valence-corrected chi connectivity index (χ2v) is 10.2. The summed E-state index contributed by atoms with van der Waals surface area (Å²) in [5, 5.41) is 0. The molecule has 0 amide bonds. The van der Waals surface area contributed by atoms with E-state index in [9.17, 15) is 4.39 Å². The summed E-state index contributed by atoms with van der Waals surface area (Å²) in [5.41, 5.74) is 4.86. The summed E-state index contributed by atoms with van der Waals surface area (Å²) in [4.78, 5) is 0. The average Bonchev–Trinajstić information content (AvgIpc) is 2.53. The summed E-state index contributed by atoms with van der Waals surface area (Å²) in [6.45, 7) is 21.4. The van der Waals surface area contributed by atoms with E-state index in [4.69, 9.17) is 0 Å². The fraction of sp³-hybridized carbons (Fsp3) is 0.538. The first kappa shape index (κ1) is 30.9. The standard InChI is InChI=1S/C13H19F.C13H20.2W/c1-9(2)10-6-7-11(12(14)8-10)13(3,4)5;1-10(2)11-6-8-12(9-7-11)13(3,4)5;;/h6-9H,1-5H3;6-10H,1-5H3;;. The van der Waals surface area contributed by atoms with Gasteiger partial charge in [0.1, 0.15) is 5.82 Å². The van der Waals surface area contributed by atoms with Gasteiger partial charge in [-0.1, -0.05) is 106 Å². The Labute approximate surface area is 208 Å². The third-order valence-electron chi connectivity index (χ3n) is 4.91. The van der Waals surface area contributed by atoms with Crippen molar-refractivity contribution in [1.29, 1.82) is 0 Å². The van der Waals surface area contributed by atoms with Crippen LogP contribution in [-0.4, -0.2) is 0 Å². The van der Waals surface area contributed by atoms with Crippen molar-refractivity contribution >= 4 is 0 Å². The van der Waals surface area contributed by atoms with Crippen LogP contribution in [0.5, 0.6) is 0 Å². The van der Waals surface area contributed by atoms with Crippen LogP contribution < -0.4 is 0 Å². The zero-order valence-electron chi connectivity index (χ0n) is 19.9. The van der Waals surface area contributed by atoms with Crippen molar-refractivity contribution in [2.45, 2.75) is 91.9 Å². The predicted octanol–water partition coefficient (Wildman–Crippen LogP) is 8.35. The molecule has 0 aromatic heterocycles. The molecule has 0 nitrogen and oxygen atoms in total. The van der Waals surface area contributed by atoms with E-state index in [1.807, 2.05) is 32.9 Å². The average molecular weight is 738 g/mol. The van der Waals surface area contributed by atoms with Gasteiger partial charge in [-0.15, -0.1) is 0 Å². The molecule has 0 unspecified atom stereocenters. The van der Waals surface area contributed by atoms with Crippen molar-refractivity contribution in [1.82, 2.24) is 0 Å². The van der Waals surface area contributed by atoms with E-state index in [2.05, 4.69) is 72.7 Å². The van der Waals surface area contributed by atoms with Crippen molar-refractivity contribution < 1.29 is 46.5 Å². The van der Waals surface area contributed by atoms with E-state index in [0.29, 0.717) is 11.8 Å². The fourth-order valence-electron chi connectivity index (χ4n) is 2.87. The Hall–Kier alpha value is -0.253. The Bertz CT molecular complexity index is 718. The smallest absolute Gasteiger partial charge is 0.127 e. The Kier molecular flexibility index (Phi) is 13.4. The van der Waals surface area contributed by atoms with E-state index in [1.165, 1.54) is 11.1 Å². The van der Waals surface area contributed by atoms with Gasteiger partial charge >= 0.3 is 0 Å². The van der Waals surface area contributed by atoms with Gasteiger partial charge in [0, 0.05) is 42.1 Å². The zero-order valence-corrected chi connectivity index (χ0v) is 25.8. The Morgan fingerprint density at radius 2 is 1.03 bits per heavy atom. The maximum Gasteiger partial charge on any atom is 0.127 e. The van der Waals surface area contributed by atoms with Crippen LogP contribution in [0.2, 0.25) is 0 Å². The molecule has 0 heterocycles. The van der Waals surface area contributed by atoms with E-state index < -0.39 is 0 Å². The van der Waals surface area contributed by atoms with Crippen molar-refractivity contribution in [3.8, 4) is 0 Å². The van der Waals surface area contributed by atoms with Crippen molar-refractivity contribution in [3.63, 3.8) is 0 Å². The van der Waals surface area contributed by atoms with Gasteiger partial charge in [-0.3, -0.25) is 0 Å². The van der Waals surface area contributed by atoms with Crippen LogP contribution in [0.25, 0.3) is 0 Å². The van der Waals surface area contributed by atoms with Crippen molar-refractivity contribution in [3.05, 3.63) is 70.5 Å². The molecule has 0 aliphatic heterocycles. The number of hydrogen-bond acceptors (Lipinski definition) is 0. The van der Waals surface area contributed by atoms with E-state index >= 15 is 0 Å². The maximum atomic E-state index is 13.7. The van der Waals surface area contributed by atoms with Crippen LogP contribution in [0.4, 0.5) is 4.39 Å². The van der Waals surface area contributed by atoms with Gasteiger partial charge in [0.2, 0.25) is 0 Å². The van der Waals surface area contributed by atoms with Crippen LogP contribution in [0.3, 0.4) is 0 Å². The Morgan fingerprint density at radius 1 is 0.621 bits per heavy atom. The minimum Gasteiger partial charge on any atom is -0.207 e. The van der Waals surface area contributed by atoms with Crippen LogP contribution in [0, 0.1) is 5.82 Å². The first-order chi connectivity index (χ1) is 12.2. The third kappa shape index (κ3) is 10.1. The molecule has 2 rings (SSSR count). The summed E-state index contributed by atoms with van der Waals surface area (Å²) in [6, 6.07) is 14.6. The molecule has 2 aromatic rings. The molecule has 0 saturated carbocycles. The fourth-order valence-corrected chi connectivity index (χ4v) is 2.87. The molecule has 0 atom stereocenters. The summed E-state index contributed by atoms with van der Waals surface area (Å²) >= 11 is 0. The van der Waals surface area contributed by atoms with Gasteiger partial charge < -0.3 is 0 Å². The molecule has 29 heavy (non-hydrogen) atoms. The molecule has 0 fully saturated rings. The Balaban J connectivity index is 0. The molecule has 162 valence electrons. The number of hydrogen-bond donors (Lipinski definition) is 0. The number of halogens is 1. The number of benzene rings is 2. The zero-order chi connectivity index (χ0) is 21.0. The molecule has 2 aromatic carbocycles. The molecule has 0 spiro atoms. The van der Waals surface area contributed by atoms with Gasteiger partial charge in [-0.25, -0.2) is 4.39 Å². The monoisotopic (exact) mass is 738 g/mol. The molecule has 0 bridgehead atoms. The number of rotatable bonds is 2. The quantitative estimate of drug-likeness (QED) is 0.291. The molecule has 3 heteroatoms. The molecule has 0 N–H and O–H groups in total. The van der Waals surface area contributed by atoms with Crippen molar-refractivity contribution in [2.24, 2.45) is 0 Å². The summed E-state index contributed by atoms with van der Waals surface area (Å²) < 4.78 is 13.7. The first-order valence-electron chi connectivity index (χ1n) is 10.1. The van der Waals surface area contributed by atoms with Crippen LogP contribution >= 0.6 is 0 Å². The SMILES string of the molecule is CC(C)c1ccc(C(C)(C)C)c(F)c1.CC(C)c1ccc(C(C)(C)C)cc1.[W].[W]. The summed E-state index contributed by atoms with van der Waals surface area (Å²) in [7, 11) is 0. The van der Waals surface area contributed by atoms with Gasteiger partial charge in [-0.2, -0.15) is 0 Å². The van der Waals surface area contributed by atoms with Gasteiger partial charge in [0.05, 0.1) is 0 Å². The molecular weight excluding hydrogens is 699 g/mol. The van der Waals surface area contributed by atoms with E-state index in [-0.39, 0.29) is 58.8 Å². The van der Waals surface area contributed by atoms with E-state index in [1.54, 1.807) is 6.07 Å². The molecular formula is C26H39FW2. The summed E-state index contributed by atoms with van der Waals surface area (Å²) in [5.74, 6) is 0.941. The normalized spacial score (nSPS) is 11.3.